The first-order valence-electron chi connectivity index (χ1n) is 10.1. The summed E-state index contributed by atoms with van der Waals surface area (Å²) < 4.78 is 22.3. The van der Waals surface area contributed by atoms with E-state index in [0.717, 1.165) is 18.4 Å². The Hall–Kier alpha value is -3.73. The summed E-state index contributed by atoms with van der Waals surface area (Å²) in [4.78, 5) is 22.9. The van der Waals surface area contributed by atoms with Gasteiger partial charge in [0.15, 0.2) is 11.6 Å². The van der Waals surface area contributed by atoms with Crippen LogP contribution < -0.4 is 4.74 Å². The number of aromatic nitrogens is 3. The number of unbranched alkanes of at least 4 members (excludes halogenated alkanes) is 1. The van der Waals surface area contributed by atoms with Crippen molar-refractivity contribution >= 4 is 5.91 Å². The molecule has 3 heterocycles. The Bertz CT molecular complexity index is 1210. The zero-order valence-corrected chi connectivity index (χ0v) is 17.6. The van der Waals surface area contributed by atoms with E-state index in [4.69, 9.17) is 10.00 Å². The number of halogens is 1. The Labute approximate surface area is 179 Å². The number of ether oxygens (including phenoxy) is 1. The topological polar surface area (TPSA) is 84.0 Å². The lowest BCUT2D eigenvalue weighted by Gasteiger charge is -2.16. The molecule has 1 aliphatic rings. The Morgan fingerprint density at radius 2 is 2.03 bits per heavy atom. The first-order valence-corrected chi connectivity index (χ1v) is 10.1. The summed E-state index contributed by atoms with van der Waals surface area (Å²) in [5.74, 6) is -0.129. The normalized spacial score (nSPS) is 12.7. The third-order valence-electron chi connectivity index (χ3n) is 5.31. The van der Waals surface area contributed by atoms with Gasteiger partial charge in [0.25, 0.3) is 5.91 Å². The Kier molecular flexibility index (Phi) is 5.42. The largest absolute Gasteiger partial charge is 0.436 e. The van der Waals surface area contributed by atoms with Crippen molar-refractivity contribution in [1.29, 1.82) is 5.26 Å². The molecule has 0 radical (unpaired) electrons. The summed E-state index contributed by atoms with van der Waals surface area (Å²) in [7, 11) is 0. The molecule has 0 aliphatic carbocycles. The number of amides is 1. The maximum absolute atomic E-state index is 14.9. The van der Waals surface area contributed by atoms with E-state index in [9.17, 15) is 9.18 Å². The van der Waals surface area contributed by atoms with Crippen LogP contribution in [0.3, 0.4) is 0 Å². The number of hydrogen-bond donors (Lipinski definition) is 0. The number of carbonyl (C=O) groups excluding carboxylic acids is 1. The quantitative estimate of drug-likeness (QED) is 0.584. The number of fused-ring (bicyclic) bond motifs is 1. The lowest BCUT2D eigenvalue weighted by atomic mass is 10.1. The molecular weight excluding hydrogens is 397 g/mol. The summed E-state index contributed by atoms with van der Waals surface area (Å²) in [6.45, 7) is 6.74. The zero-order chi connectivity index (χ0) is 22.1. The van der Waals surface area contributed by atoms with Crippen LogP contribution in [-0.2, 0) is 6.67 Å². The second kappa shape index (κ2) is 8.19. The van der Waals surface area contributed by atoms with Crippen LogP contribution in [0.2, 0.25) is 0 Å². The second-order valence-electron chi connectivity index (χ2n) is 7.54. The maximum atomic E-state index is 14.9. The lowest BCUT2D eigenvalue weighted by molar-refractivity contribution is 0.0763. The van der Waals surface area contributed by atoms with Gasteiger partial charge in [0, 0.05) is 18.2 Å². The first-order chi connectivity index (χ1) is 14.9. The molecular formula is C23H22FN5O2. The minimum Gasteiger partial charge on any atom is -0.436 e. The molecule has 1 aliphatic heterocycles. The molecule has 158 valence electrons. The molecule has 0 fully saturated rings. The number of nitriles is 1. The maximum Gasteiger partial charge on any atom is 0.291 e. The number of rotatable bonds is 6. The third kappa shape index (κ3) is 3.75. The highest BCUT2D eigenvalue weighted by atomic mass is 19.1. The summed E-state index contributed by atoms with van der Waals surface area (Å²) in [6, 6.07) is 9.89. The van der Waals surface area contributed by atoms with Crippen molar-refractivity contribution < 1.29 is 13.9 Å². The van der Waals surface area contributed by atoms with Crippen LogP contribution in [0.4, 0.5) is 4.39 Å². The molecule has 31 heavy (non-hydrogen) atoms. The summed E-state index contributed by atoms with van der Waals surface area (Å²) in [5.41, 5.74) is 2.95. The molecule has 1 aromatic carbocycles. The number of imidazole rings is 1. The molecule has 8 heteroatoms. The van der Waals surface area contributed by atoms with Gasteiger partial charge in [0.05, 0.1) is 18.1 Å². The van der Waals surface area contributed by atoms with Crippen molar-refractivity contribution in [2.24, 2.45) is 0 Å². The van der Waals surface area contributed by atoms with Gasteiger partial charge < -0.3 is 14.2 Å². The van der Waals surface area contributed by atoms with E-state index in [2.05, 4.69) is 16.9 Å². The Balaban J connectivity index is 1.62. The monoisotopic (exact) mass is 419 g/mol. The van der Waals surface area contributed by atoms with E-state index in [1.165, 1.54) is 12.1 Å². The van der Waals surface area contributed by atoms with E-state index in [0.29, 0.717) is 36.0 Å². The molecule has 1 amide bonds. The van der Waals surface area contributed by atoms with Crippen molar-refractivity contribution in [3.8, 4) is 29.0 Å². The van der Waals surface area contributed by atoms with Crippen LogP contribution >= 0.6 is 0 Å². The van der Waals surface area contributed by atoms with Gasteiger partial charge in [0.1, 0.15) is 11.8 Å². The van der Waals surface area contributed by atoms with Gasteiger partial charge in [-0.15, -0.1) is 0 Å². The highest BCUT2D eigenvalue weighted by Gasteiger charge is 2.32. The summed E-state index contributed by atoms with van der Waals surface area (Å²) in [5, 5.41) is 9.12. The van der Waals surface area contributed by atoms with Gasteiger partial charge >= 0.3 is 0 Å². The molecule has 4 rings (SSSR count). The highest BCUT2D eigenvalue weighted by Crippen LogP contribution is 2.33. The molecule has 0 atom stereocenters. The van der Waals surface area contributed by atoms with E-state index in [-0.39, 0.29) is 23.2 Å². The number of pyridine rings is 1. The molecule has 0 spiro atoms. The molecule has 0 bridgehead atoms. The van der Waals surface area contributed by atoms with Gasteiger partial charge in [-0.2, -0.15) is 5.26 Å². The number of aryl methyl sites for hydroxylation is 2. The minimum absolute atomic E-state index is 0.00320. The van der Waals surface area contributed by atoms with Crippen molar-refractivity contribution in [1.82, 2.24) is 19.4 Å². The van der Waals surface area contributed by atoms with E-state index in [1.807, 2.05) is 17.6 Å². The van der Waals surface area contributed by atoms with Crippen molar-refractivity contribution in [3.05, 3.63) is 58.9 Å². The Morgan fingerprint density at radius 3 is 2.74 bits per heavy atom. The summed E-state index contributed by atoms with van der Waals surface area (Å²) >= 11 is 0. The van der Waals surface area contributed by atoms with Crippen LogP contribution in [0.5, 0.6) is 11.6 Å². The van der Waals surface area contributed by atoms with Crippen molar-refractivity contribution in [2.75, 3.05) is 6.54 Å². The number of hydrogen-bond acceptors (Lipinski definition) is 5. The Morgan fingerprint density at radius 1 is 1.23 bits per heavy atom. The van der Waals surface area contributed by atoms with Crippen LogP contribution in [-0.4, -0.2) is 31.9 Å². The fourth-order valence-corrected chi connectivity index (χ4v) is 3.66. The number of benzene rings is 1. The lowest BCUT2D eigenvalue weighted by Crippen LogP contribution is -2.26. The van der Waals surface area contributed by atoms with E-state index >= 15 is 0 Å². The molecule has 0 saturated heterocycles. The average molecular weight is 419 g/mol. The number of nitrogens with zero attached hydrogens (tertiary/aromatic N) is 5. The van der Waals surface area contributed by atoms with Gasteiger partial charge in [-0.1, -0.05) is 19.4 Å². The van der Waals surface area contributed by atoms with E-state index < -0.39 is 5.82 Å². The fourth-order valence-electron chi connectivity index (χ4n) is 3.66. The average Bonchev–Trinajstić information content (AvgIpc) is 3.23. The molecule has 3 aromatic rings. The van der Waals surface area contributed by atoms with Crippen LogP contribution in [0.15, 0.2) is 30.3 Å². The fraction of sp³-hybridized carbons (Fsp3) is 0.304. The van der Waals surface area contributed by atoms with Crippen LogP contribution in [0, 0.1) is 31.0 Å². The SMILES string of the molecule is CCCCN1Cn2c(nc(C)c2-c2ccc(Oc3ccc(C)c(C#N)n3)c(F)c2)C1=O. The van der Waals surface area contributed by atoms with E-state index in [1.54, 1.807) is 30.0 Å². The van der Waals surface area contributed by atoms with Crippen LogP contribution in [0.1, 0.15) is 47.3 Å². The predicted molar refractivity (Wildman–Crippen MR) is 112 cm³/mol. The summed E-state index contributed by atoms with van der Waals surface area (Å²) in [6.07, 6.45) is 1.92. The highest BCUT2D eigenvalue weighted by molar-refractivity contribution is 5.94. The molecule has 0 saturated carbocycles. The second-order valence-corrected chi connectivity index (χ2v) is 7.54. The minimum atomic E-state index is -0.569. The van der Waals surface area contributed by atoms with Crippen LogP contribution in [0.25, 0.3) is 11.3 Å². The smallest absolute Gasteiger partial charge is 0.291 e. The zero-order valence-electron chi connectivity index (χ0n) is 17.6. The molecule has 0 N–H and O–H groups in total. The predicted octanol–water partition coefficient (Wildman–Crippen LogP) is 4.58. The van der Waals surface area contributed by atoms with Gasteiger partial charge in [0.2, 0.25) is 11.7 Å². The molecule has 7 nitrogen and oxygen atoms in total. The van der Waals surface area contributed by atoms with Gasteiger partial charge in [-0.05, 0) is 44.0 Å². The van der Waals surface area contributed by atoms with Gasteiger partial charge in [-0.3, -0.25) is 4.79 Å². The first kappa shape index (κ1) is 20.5. The molecule has 2 aromatic heterocycles. The number of carbonyl (C=O) groups is 1. The van der Waals surface area contributed by atoms with Gasteiger partial charge in [-0.25, -0.2) is 14.4 Å². The van der Waals surface area contributed by atoms with Crippen molar-refractivity contribution in [3.63, 3.8) is 0 Å². The standard InChI is InChI=1S/C23H22FN5O2/c1-4-5-10-28-13-29-21(15(3)26-22(29)23(28)30)16-7-8-19(17(24)11-16)31-20-9-6-14(2)18(12-25)27-20/h6-9,11H,4-5,10,13H2,1-3H3. The van der Waals surface area contributed by atoms with Crippen molar-refractivity contribution in [2.45, 2.75) is 40.3 Å². The third-order valence-corrected chi connectivity index (χ3v) is 5.31. The molecule has 0 unspecified atom stereocenters.